The molecular weight excluding hydrogens is 432 g/mol. The van der Waals surface area contributed by atoms with Gasteiger partial charge in [0.1, 0.15) is 0 Å². The second-order valence-electron chi connectivity index (χ2n) is 8.47. The van der Waals surface area contributed by atoms with Crippen molar-refractivity contribution in [3.8, 4) is 11.5 Å². The van der Waals surface area contributed by atoms with E-state index in [2.05, 4.69) is 10.3 Å². The van der Waals surface area contributed by atoms with Gasteiger partial charge in [0, 0.05) is 32.1 Å². The molecule has 0 unspecified atom stereocenters. The first kappa shape index (κ1) is 23.6. The van der Waals surface area contributed by atoms with Crippen molar-refractivity contribution in [3.05, 3.63) is 58.4 Å². The maximum Gasteiger partial charge on any atom is 0.293 e. The first-order valence-electron chi connectivity index (χ1n) is 11.8. The van der Waals surface area contributed by atoms with Crippen molar-refractivity contribution in [1.82, 2.24) is 14.9 Å². The molecule has 3 aromatic rings. The summed E-state index contributed by atoms with van der Waals surface area (Å²) in [6.07, 6.45) is 2.10. The molecule has 0 aliphatic carbocycles. The summed E-state index contributed by atoms with van der Waals surface area (Å²) in [4.78, 5) is 32.5. The Labute approximate surface area is 199 Å². The summed E-state index contributed by atoms with van der Waals surface area (Å²) in [6, 6.07) is 13.5. The molecular formula is C26H32N4O4. The molecule has 4 rings (SSSR count). The predicted molar refractivity (Wildman–Crippen MR) is 133 cm³/mol. The standard InChI is InChI=1S/C26H32N4O4/c1-4-30-21-8-6-5-7-20(21)28-24(26(30)32)29-15-12-19(13-16-29)25(31)27-14-11-18-9-10-22(33-2)23(17-18)34-3/h5-10,17,19H,4,11-16H2,1-3H3,(H,27,31). The Morgan fingerprint density at radius 1 is 1.09 bits per heavy atom. The lowest BCUT2D eigenvalue weighted by Crippen LogP contribution is -2.43. The summed E-state index contributed by atoms with van der Waals surface area (Å²) < 4.78 is 12.4. The molecule has 1 aliphatic heterocycles. The number of para-hydroxylation sites is 2. The van der Waals surface area contributed by atoms with Crippen LogP contribution in [0.15, 0.2) is 47.3 Å². The van der Waals surface area contributed by atoms with E-state index in [1.54, 1.807) is 18.8 Å². The van der Waals surface area contributed by atoms with Crippen LogP contribution in [0.5, 0.6) is 11.5 Å². The molecule has 1 saturated heterocycles. The summed E-state index contributed by atoms with van der Waals surface area (Å²) in [6.45, 7) is 4.39. The summed E-state index contributed by atoms with van der Waals surface area (Å²) in [5.41, 5.74) is 2.66. The van der Waals surface area contributed by atoms with Crippen LogP contribution in [0.3, 0.4) is 0 Å². The van der Waals surface area contributed by atoms with E-state index in [0.29, 0.717) is 62.8 Å². The molecule has 1 aromatic heterocycles. The number of aryl methyl sites for hydroxylation is 1. The molecule has 0 radical (unpaired) electrons. The number of fused-ring (bicyclic) bond motifs is 1. The van der Waals surface area contributed by atoms with E-state index < -0.39 is 0 Å². The van der Waals surface area contributed by atoms with Crippen molar-refractivity contribution in [2.24, 2.45) is 5.92 Å². The van der Waals surface area contributed by atoms with Crippen LogP contribution >= 0.6 is 0 Å². The third-order valence-electron chi connectivity index (χ3n) is 6.48. The Kier molecular flexibility index (Phi) is 7.35. The van der Waals surface area contributed by atoms with E-state index in [0.717, 1.165) is 16.6 Å². The van der Waals surface area contributed by atoms with Crippen molar-refractivity contribution in [3.63, 3.8) is 0 Å². The Balaban J connectivity index is 1.34. The topological polar surface area (TPSA) is 85.7 Å². The fourth-order valence-corrected chi connectivity index (χ4v) is 4.56. The molecule has 0 bridgehead atoms. The number of nitrogens with one attached hydrogen (secondary N) is 1. The molecule has 2 heterocycles. The van der Waals surface area contributed by atoms with Crippen molar-refractivity contribution in [2.45, 2.75) is 32.7 Å². The lowest BCUT2D eigenvalue weighted by Gasteiger charge is -2.32. The molecule has 1 aliphatic rings. The number of amides is 1. The zero-order valence-electron chi connectivity index (χ0n) is 20.0. The molecule has 1 amide bonds. The highest BCUT2D eigenvalue weighted by Crippen LogP contribution is 2.27. The van der Waals surface area contributed by atoms with Crippen LogP contribution in [-0.2, 0) is 17.8 Å². The Morgan fingerprint density at radius 2 is 1.82 bits per heavy atom. The Bertz CT molecular complexity index is 1220. The quantitative estimate of drug-likeness (QED) is 0.552. The van der Waals surface area contributed by atoms with Gasteiger partial charge in [-0.1, -0.05) is 18.2 Å². The number of ether oxygens (including phenoxy) is 2. The molecule has 0 spiro atoms. The normalized spacial score (nSPS) is 14.3. The second kappa shape index (κ2) is 10.6. The smallest absolute Gasteiger partial charge is 0.293 e. The number of benzene rings is 2. The van der Waals surface area contributed by atoms with E-state index in [-0.39, 0.29) is 17.4 Å². The average Bonchev–Trinajstić information content (AvgIpc) is 2.88. The number of carbonyl (C=O) groups is 1. The summed E-state index contributed by atoms with van der Waals surface area (Å²) in [7, 11) is 3.22. The highest BCUT2D eigenvalue weighted by molar-refractivity contribution is 5.79. The van der Waals surface area contributed by atoms with Crippen LogP contribution in [-0.4, -0.2) is 49.3 Å². The molecule has 2 aromatic carbocycles. The molecule has 8 nitrogen and oxygen atoms in total. The van der Waals surface area contributed by atoms with E-state index in [4.69, 9.17) is 9.47 Å². The Morgan fingerprint density at radius 3 is 2.53 bits per heavy atom. The third-order valence-corrected chi connectivity index (χ3v) is 6.48. The SMILES string of the molecule is CCn1c(=O)c(N2CCC(C(=O)NCCc3ccc(OC)c(OC)c3)CC2)nc2ccccc21. The van der Waals surface area contributed by atoms with Crippen LogP contribution in [0.25, 0.3) is 11.0 Å². The van der Waals surface area contributed by atoms with Crippen molar-refractivity contribution >= 4 is 22.8 Å². The average molecular weight is 465 g/mol. The van der Waals surface area contributed by atoms with E-state index in [9.17, 15) is 9.59 Å². The van der Waals surface area contributed by atoms with Gasteiger partial charge in [-0.05, 0) is 56.0 Å². The zero-order valence-corrected chi connectivity index (χ0v) is 20.0. The highest BCUT2D eigenvalue weighted by atomic mass is 16.5. The van der Waals surface area contributed by atoms with Crippen molar-refractivity contribution in [2.75, 3.05) is 38.8 Å². The first-order valence-corrected chi connectivity index (χ1v) is 11.8. The van der Waals surface area contributed by atoms with Gasteiger partial charge in [-0.25, -0.2) is 4.98 Å². The Hall–Kier alpha value is -3.55. The maximum absolute atomic E-state index is 13.1. The monoisotopic (exact) mass is 464 g/mol. The van der Waals surface area contributed by atoms with E-state index in [1.807, 2.05) is 54.3 Å². The van der Waals surface area contributed by atoms with Gasteiger partial charge in [0.2, 0.25) is 5.91 Å². The van der Waals surface area contributed by atoms with Crippen molar-refractivity contribution in [1.29, 1.82) is 0 Å². The summed E-state index contributed by atoms with van der Waals surface area (Å²) in [5.74, 6) is 1.86. The fraction of sp³-hybridized carbons (Fsp3) is 0.423. The lowest BCUT2D eigenvalue weighted by atomic mass is 9.96. The number of anilines is 1. The van der Waals surface area contributed by atoms with Crippen LogP contribution in [0.4, 0.5) is 5.82 Å². The molecule has 180 valence electrons. The number of aromatic nitrogens is 2. The number of hydrogen-bond donors (Lipinski definition) is 1. The van der Waals surface area contributed by atoms with Gasteiger partial charge >= 0.3 is 0 Å². The summed E-state index contributed by atoms with van der Waals surface area (Å²) in [5, 5.41) is 3.06. The molecule has 1 N–H and O–H groups in total. The van der Waals surface area contributed by atoms with Crippen LogP contribution in [0.1, 0.15) is 25.3 Å². The van der Waals surface area contributed by atoms with E-state index >= 15 is 0 Å². The zero-order chi connectivity index (χ0) is 24.1. The predicted octanol–water partition coefficient (Wildman–Crippen LogP) is 3.01. The number of hydrogen-bond acceptors (Lipinski definition) is 6. The number of rotatable bonds is 8. The van der Waals surface area contributed by atoms with Gasteiger partial charge in [-0.3, -0.25) is 9.59 Å². The van der Waals surface area contributed by atoms with Crippen LogP contribution in [0, 0.1) is 5.92 Å². The van der Waals surface area contributed by atoms with Gasteiger partial charge in [0.05, 0.1) is 25.3 Å². The maximum atomic E-state index is 13.1. The van der Waals surface area contributed by atoms with Gasteiger partial charge in [-0.2, -0.15) is 0 Å². The van der Waals surface area contributed by atoms with Gasteiger partial charge in [0.25, 0.3) is 5.56 Å². The molecule has 0 atom stereocenters. The van der Waals surface area contributed by atoms with Gasteiger partial charge < -0.3 is 24.3 Å². The molecule has 1 fully saturated rings. The minimum Gasteiger partial charge on any atom is -0.493 e. The minimum atomic E-state index is -0.0704. The largest absolute Gasteiger partial charge is 0.493 e. The first-order chi connectivity index (χ1) is 16.5. The third kappa shape index (κ3) is 4.85. The van der Waals surface area contributed by atoms with Crippen LogP contribution in [0.2, 0.25) is 0 Å². The lowest BCUT2D eigenvalue weighted by molar-refractivity contribution is -0.125. The number of nitrogens with zero attached hydrogens (tertiary/aromatic N) is 3. The highest BCUT2D eigenvalue weighted by Gasteiger charge is 2.27. The number of methoxy groups -OCH3 is 2. The number of carbonyl (C=O) groups excluding carboxylic acids is 1. The minimum absolute atomic E-state index is 0.0597. The fourth-order valence-electron chi connectivity index (χ4n) is 4.56. The summed E-state index contributed by atoms with van der Waals surface area (Å²) >= 11 is 0. The van der Waals surface area contributed by atoms with Gasteiger partial charge in [0.15, 0.2) is 17.3 Å². The molecule has 34 heavy (non-hydrogen) atoms. The van der Waals surface area contributed by atoms with E-state index in [1.165, 1.54) is 0 Å². The van der Waals surface area contributed by atoms with Crippen molar-refractivity contribution < 1.29 is 14.3 Å². The molecule has 0 saturated carbocycles. The molecule has 8 heteroatoms. The number of piperidine rings is 1. The van der Waals surface area contributed by atoms with Crippen LogP contribution < -0.4 is 25.2 Å². The second-order valence-corrected chi connectivity index (χ2v) is 8.47. The van der Waals surface area contributed by atoms with Gasteiger partial charge in [-0.15, -0.1) is 0 Å².